The Bertz CT molecular complexity index is 746. The van der Waals surface area contributed by atoms with E-state index in [1.807, 2.05) is 11.0 Å². The van der Waals surface area contributed by atoms with Crippen molar-refractivity contribution >= 4 is 5.91 Å². The predicted octanol–water partition coefficient (Wildman–Crippen LogP) is 3.59. The molecular weight excluding hydrogens is 353 g/mol. The summed E-state index contributed by atoms with van der Waals surface area (Å²) in [6.45, 7) is 13.6. The van der Waals surface area contributed by atoms with Gasteiger partial charge in [0.15, 0.2) is 0 Å². The van der Waals surface area contributed by atoms with E-state index in [0.29, 0.717) is 17.9 Å². The van der Waals surface area contributed by atoms with E-state index in [4.69, 9.17) is 0 Å². The van der Waals surface area contributed by atoms with E-state index in [2.05, 4.69) is 37.9 Å². The lowest BCUT2D eigenvalue weighted by Gasteiger charge is -2.49. The standard InChI is InChI=1S/C23H34FN3O/c1-15(28)27-13-17-12-26(19-10-22(2,3)25-23(4,5)11-19)14-20(17)21(27)16-7-6-8-18(24)9-16/h6-9,17,19-21,25H,10-14H2,1-5H3/t17-,20-,21+/m1/s1. The number of amides is 1. The molecule has 1 aromatic carbocycles. The lowest BCUT2D eigenvalue weighted by atomic mass is 9.79. The fourth-order valence-electron chi connectivity index (χ4n) is 6.35. The normalized spacial score (nSPS) is 32.5. The average Bonchev–Trinajstić information content (AvgIpc) is 3.09. The molecule has 4 nitrogen and oxygen atoms in total. The minimum absolute atomic E-state index is 0.00839. The van der Waals surface area contributed by atoms with Gasteiger partial charge in [-0.15, -0.1) is 0 Å². The molecule has 1 N–H and O–H groups in total. The number of hydrogen-bond acceptors (Lipinski definition) is 3. The molecular formula is C23H34FN3O. The van der Waals surface area contributed by atoms with Gasteiger partial charge in [-0.05, 0) is 64.2 Å². The van der Waals surface area contributed by atoms with E-state index < -0.39 is 0 Å². The average molecular weight is 388 g/mol. The molecule has 0 aromatic heterocycles. The highest BCUT2D eigenvalue weighted by Gasteiger charge is 2.51. The van der Waals surface area contributed by atoms with Gasteiger partial charge in [0.2, 0.25) is 5.91 Å². The Morgan fingerprint density at radius 3 is 2.39 bits per heavy atom. The second-order valence-corrected chi connectivity index (χ2v) is 10.5. The van der Waals surface area contributed by atoms with Crippen LogP contribution in [-0.2, 0) is 4.79 Å². The summed E-state index contributed by atoms with van der Waals surface area (Å²) < 4.78 is 13.9. The van der Waals surface area contributed by atoms with E-state index in [1.54, 1.807) is 19.1 Å². The zero-order chi connectivity index (χ0) is 20.3. The van der Waals surface area contributed by atoms with Crippen LogP contribution in [0.25, 0.3) is 0 Å². The number of hydrogen-bond donors (Lipinski definition) is 1. The molecule has 154 valence electrons. The Morgan fingerprint density at radius 2 is 1.79 bits per heavy atom. The number of likely N-dealkylation sites (tertiary alicyclic amines) is 2. The number of carbonyl (C=O) groups excluding carboxylic acids is 1. The third-order valence-electron chi connectivity index (χ3n) is 6.97. The number of halogens is 1. The molecule has 3 heterocycles. The molecule has 1 aromatic rings. The molecule has 0 bridgehead atoms. The van der Waals surface area contributed by atoms with Gasteiger partial charge in [-0.2, -0.15) is 0 Å². The molecule has 3 atom stereocenters. The molecule has 0 unspecified atom stereocenters. The Balaban J connectivity index is 1.57. The van der Waals surface area contributed by atoms with Gasteiger partial charge in [0.25, 0.3) is 0 Å². The highest BCUT2D eigenvalue weighted by Crippen LogP contribution is 2.47. The largest absolute Gasteiger partial charge is 0.335 e. The Labute approximate surface area is 168 Å². The number of benzene rings is 1. The van der Waals surface area contributed by atoms with E-state index >= 15 is 0 Å². The van der Waals surface area contributed by atoms with Crippen LogP contribution in [0.3, 0.4) is 0 Å². The molecule has 3 aliphatic heterocycles. The van der Waals surface area contributed by atoms with Crippen LogP contribution in [0.1, 0.15) is 59.1 Å². The summed E-state index contributed by atoms with van der Waals surface area (Å²) in [5.74, 6) is 0.727. The van der Waals surface area contributed by atoms with Crippen LogP contribution < -0.4 is 5.32 Å². The van der Waals surface area contributed by atoms with E-state index in [9.17, 15) is 9.18 Å². The van der Waals surface area contributed by atoms with Crippen molar-refractivity contribution < 1.29 is 9.18 Å². The fourth-order valence-corrected chi connectivity index (χ4v) is 6.35. The van der Waals surface area contributed by atoms with Gasteiger partial charge in [0, 0.05) is 49.6 Å². The third kappa shape index (κ3) is 3.71. The molecule has 28 heavy (non-hydrogen) atoms. The van der Waals surface area contributed by atoms with Crippen molar-refractivity contribution in [3.05, 3.63) is 35.6 Å². The van der Waals surface area contributed by atoms with Gasteiger partial charge in [0.1, 0.15) is 5.82 Å². The highest BCUT2D eigenvalue weighted by atomic mass is 19.1. The molecule has 3 aliphatic rings. The van der Waals surface area contributed by atoms with E-state index in [-0.39, 0.29) is 28.8 Å². The van der Waals surface area contributed by atoms with E-state index in [0.717, 1.165) is 38.0 Å². The van der Waals surface area contributed by atoms with Crippen molar-refractivity contribution in [1.82, 2.24) is 15.1 Å². The van der Waals surface area contributed by atoms with Crippen molar-refractivity contribution in [3.8, 4) is 0 Å². The number of fused-ring (bicyclic) bond motifs is 1. The first kappa shape index (κ1) is 19.8. The van der Waals surface area contributed by atoms with Crippen LogP contribution in [0, 0.1) is 17.7 Å². The molecule has 1 amide bonds. The molecule has 0 spiro atoms. The fraction of sp³-hybridized carbons (Fsp3) is 0.696. The first-order valence-electron chi connectivity index (χ1n) is 10.6. The maximum Gasteiger partial charge on any atom is 0.219 e. The van der Waals surface area contributed by atoms with Crippen LogP contribution >= 0.6 is 0 Å². The maximum absolute atomic E-state index is 13.9. The van der Waals surface area contributed by atoms with Gasteiger partial charge in [-0.1, -0.05) is 12.1 Å². The van der Waals surface area contributed by atoms with E-state index in [1.165, 1.54) is 6.07 Å². The summed E-state index contributed by atoms with van der Waals surface area (Å²) in [5.41, 5.74) is 1.19. The number of rotatable bonds is 2. The molecule has 3 fully saturated rings. The van der Waals surface area contributed by atoms with Crippen molar-refractivity contribution in [3.63, 3.8) is 0 Å². The smallest absolute Gasteiger partial charge is 0.219 e. The first-order chi connectivity index (χ1) is 13.0. The van der Waals surface area contributed by atoms with Gasteiger partial charge in [-0.3, -0.25) is 9.69 Å². The van der Waals surface area contributed by atoms with Crippen LogP contribution in [0.2, 0.25) is 0 Å². The van der Waals surface area contributed by atoms with Gasteiger partial charge >= 0.3 is 0 Å². The molecule has 3 saturated heterocycles. The number of nitrogens with zero attached hydrogens (tertiary/aromatic N) is 2. The van der Waals surface area contributed by atoms with Crippen molar-refractivity contribution in [1.29, 1.82) is 0 Å². The lowest BCUT2D eigenvalue weighted by molar-refractivity contribution is -0.130. The number of piperidine rings is 1. The first-order valence-corrected chi connectivity index (χ1v) is 10.6. The molecule has 0 radical (unpaired) electrons. The second-order valence-electron chi connectivity index (χ2n) is 10.5. The van der Waals surface area contributed by atoms with Crippen LogP contribution in [-0.4, -0.2) is 52.5 Å². The topological polar surface area (TPSA) is 35.6 Å². The van der Waals surface area contributed by atoms with Gasteiger partial charge in [-0.25, -0.2) is 4.39 Å². The zero-order valence-electron chi connectivity index (χ0n) is 17.8. The van der Waals surface area contributed by atoms with Crippen molar-refractivity contribution in [2.24, 2.45) is 11.8 Å². The van der Waals surface area contributed by atoms with Gasteiger partial charge in [0.05, 0.1) is 6.04 Å². The predicted molar refractivity (Wildman–Crippen MR) is 109 cm³/mol. The van der Waals surface area contributed by atoms with Crippen LogP contribution in [0.4, 0.5) is 4.39 Å². The third-order valence-corrected chi connectivity index (χ3v) is 6.97. The maximum atomic E-state index is 13.9. The molecule has 0 saturated carbocycles. The Morgan fingerprint density at radius 1 is 1.11 bits per heavy atom. The van der Waals surface area contributed by atoms with Gasteiger partial charge < -0.3 is 10.2 Å². The summed E-state index contributed by atoms with van der Waals surface area (Å²) in [7, 11) is 0. The number of nitrogens with one attached hydrogen (secondary N) is 1. The highest BCUT2D eigenvalue weighted by molar-refractivity contribution is 5.74. The number of carbonyl (C=O) groups is 1. The molecule has 5 heteroatoms. The minimum atomic E-state index is -0.221. The monoisotopic (exact) mass is 387 g/mol. The molecule has 4 rings (SSSR count). The van der Waals surface area contributed by atoms with Crippen LogP contribution in [0.15, 0.2) is 24.3 Å². The SMILES string of the molecule is CC(=O)N1C[C@H]2CN(C3CC(C)(C)NC(C)(C)C3)C[C@H]2[C@@H]1c1cccc(F)c1. The second kappa shape index (κ2) is 6.81. The summed E-state index contributed by atoms with van der Waals surface area (Å²) in [4.78, 5) is 16.9. The zero-order valence-corrected chi connectivity index (χ0v) is 17.8. The Hall–Kier alpha value is -1.46. The quantitative estimate of drug-likeness (QED) is 0.842. The Kier molecular flexibility index (Phi) is 4.82. The summed E-state index contributed by atoms with van der Waals surface area (Å²) in [5, 5.41) is 3.78. The lowest BCUT2D eigenvalue weighted by Crippen LogP contribution is -2.62. The summed E-state index contributed by atoms with van der Waals surface area (Å²) in [6, 6.07) is 7.38. The summed E-state index contributed by atoms with van der Waals surface area (Å²) in [6.07, 6.45) is 2.27. The van der Waals surface area contributed by atoms with Crippen LogP contribution in [0.5, 0.6) is 0 Å². The van der Waals surface area contributed by atoms with Crippen molar-refractivity contribution in [2.45, 2.75) is 70.6 Å². The molecule has 0 aliphatic carbocycles. The minimum Gasteiger partial charge on any atom is -0.335 e. The summed E-state index contributed by atoms with van der Waals surface area (Å²) >= 11 is 0. The van der Waals surface area contributed by atoms with Crippen molar-refractivity contribution in [2.75, 3.05) is 19.6 Å².